The van der Waals surface area contributed by atoms with Crippen LogP contribution < -0.4 is 9.47 Å². The van der Waals surface area contributed by atoms with E-state index in [0.29, 0.717) is 12.2 Å². The average Bonchev–Trinajstić information content (AvgIpc) is 3.38. The molecule has 41 heavy (non-hydrogen) atoms. The van der Waals surface area contributed by atoms with E-state index in [4.69, 9.17) is 9.47 Å². The second-order valence-corrected chi connectivity index (χ2v) is 10.7. The van der Waals surface area contributed by atoms with Gasteiger partial charge in [-0.1, -0.05) is 82.2 Å². The Morgan fingerprint density at radius 3 is 2.05 bits per heavy atom. The lowest BCUT2D eigenvalue weighted by Gasteiger charge is -2.16. The first-order valence-electron chi connectivity index (χ1n) is 15.0. The van der Waals surface area contributed by atoms with Gasteiger partial charge < -0.3 is 19.1 Å². The van der Waals surface area contributed by atoms with Gasteiger partial charge in [-0.25, -0.2) is 4.79 Å². The Labute approximate surface area is 244 Å². The predicted molar refractivity (Wildman–Crippen MR) is 166 cm³/mol. The molecule has 0 unspecified atom stereocenters. The Bertz CT molecular complexity index is 1330. The third-order valence-corrected chi connectivity index (χ3v) is 7.41. The van der Waals surface area contributed by atoms with Crippen LogP contribution in [0, 0.1) is 6.92 Å². The standard InChI is InChI=1S/C36H43NO4/c1-3-4-5-6-7-8-9-13-26-40-32-23-19-31(20-24-32)37-28(2)16-25-34(37)30-17-21-33(22-18-30)41-35(36(38)39)27-29-14-11-10-12-15-29/h10-12,14-25,35H,3-9,13,26-27H2,1-2H3,(H,38,39)/t35-/m1/s1. The van der Waals surface area contributed by atoms with Gasteiger partial charge in [0.05, 0.1) is 12.3 Å². The fourth-order valence-corrected chi connectivity index (χ4v) is 5.10. The summed E-state index contributed by atoms with van der Waals surface area (Å²) in [6.07, 6.45) is 9.67. The van der Waals surface area contributed by atoms with Crippen molar-refractivity contribution < 1.29 is 19.4 Å². The van der Waals surface area contributed by atoms with Gasteiger partial charge in [-0.2, -0.15) is 0 Å². The lowest BCUT2D eigenvalue weighted by molar-refractivity contribution is -0.145. The molecule has 5 nitrogen and oxygen atoms in total. The lowest BCUT2D eigenvalue weighted by atomic mass is 10.1. The molecule has 1 atom stereocenters. The summed E-state index contributed by atoms with van der Waals surface area (Å²) >= 11 is 0. The minimum absolute atomic E-state index is 0.304. The smallest absolute Gasteiger partial charge is 0.345 e. The highest BCUT2D eigenvalue weighted by Crippen LogP contribution is 2.29. The number of aromatic nitrogens is 1. The Hall–Kier alpha value is -3.99. The quantitative estimate of drug-likeness (QED) is 0.133. The summed E-state index contributed by atoms with van der Waals surface area (Å²) in [7, 11) is 0. The van der Waals surface area contributed by atoms with Gasteiger partial charge in [-0.15, -0.1) is 0 Å². The van der Waals surface area contributed by atoms with Crippen molar-refractivity contribution in [1.29, 1.82) is 0 Å². The number of unbranched alkanes of at least 4 members (excludes halogenated alkanes) is 7. The molecule has 216 valence electrons. The zero-order chi connectivity index (χ0) is 28.9. The number of ether oxygens (including phenoxy) is 2. The monoisotopic (exact) mass is 553 g/mol. The van der Waals surface area contributed by atoms with Crippen LogP contribution in [0.3, 0.4) is 0 Å². The first kappa shape index (κ1) is 30.0. The molecule has 0 saturated heterocycles. The number of carboxylic acids is 1. The summed E-state index contributed by atoms with van der Waals surface area (Å²) in [4.78, 5) is 11.8. The molecule has 0 bridgehead atoms. The van der Waals surface area contributed by atoms with Gasteiger partial charge in [0, 0.05) is 17.8 Å². The largest absolute Gasteiger partial charge is 0.494 e. The van der Waals surface area contributed by atoms with Crippen LogP contribution in [0.4, 0.5) is 0 Å². The van der Waals surface area contributed by atoms with Crippen molar-refractivity contribution in [3.8, 4) is 28.4 Å². The minimum atomic E-state index is -0.979. The molecular weight excluding hydrogens is 510 g/mol. The summed E-state index contributed by atoms with van der Waals surface area (Å²) < 4.78 is 14.1. The van der Waals surface area contributed by atoms with Crippen LogP contribution in [0.15, 0.2) is 91.0 Å². The number of hydrogen-bond acceptors (Lipinski definition) is 3. The molecule has 0 aliphatic heterocycles. The molecule has 0 aliphatic rings. The van der Waals surface area contributed by atoms with Gasteiger partial charge in [0.15, 0.2) is 6.10 Å². The lowest BCUT2D eigenvalue weighted by Crippen LogP contribution is -2.29. The van der Waals surface area contributed by atoms with Crippen LogP contribution in [0.2, 0.25) is 0 Å². The van der Waals surface area contributed by atoms with Crippen LogP contribution in [-0.2, 0) is 11.2 Å². The van der Waals surface area contributed by atoms with E-state index in [9.17, 15) is 9.90 Å². The van der Waals surface area contributed by atoms with E-state index in [1.165, 1.54) is 44.9 Å². The molecule has 0 aliphatic carbocycles. The molecule has 1 aromatic heterocycles. The Balaban J connectivity index is 1.34. The summed E-state index contributed by atoms with van der Waals surface area (Å²) in [5, 5.41) is 9.69. The van der Waals surface area contributed by atoms with Gasteiger partial charge in [-0.3, -0.25) is 0 Å². The summed E-state index contributed by atoms with van der Waals surface area (Å²) in [5.74, 6) is 0.450. The fraction of sp³-hybridized carbons (Fsp3) is 0.361. The van der Waals surface area contributed by atoms with Crippen molar-refractivity contribution in [1.82, 2.24) is 4.57 Å². The fourth-order valence-electron chi connectivity index (χ4n) is 5.10. The van der Waals surface area contributed by atoms with Gasteiger partial charge in [0.25, 0.3) is 0 Å². The second kappa shape index (κ2) is 15.7. The van der Waals surface area contributed by atoms with Crippen LogP contribution in [-0.4, -0.2) is 28.4 Å². The van der Waals surface area contributed by atoms with Crippen molar-refractivity contribution in [2.75, 3.05) is 6.61 Å². The molecule has 0 radical (unpaired) electrons. The first-order valence-corrected chi connectivity index (χ1v) is 15.0. The third-order valence-electron chi connectivity index (χ3n) is 7.41. The maximum absolute atomic E-state index is 11.8. The molecule has 3 aromatic carbocycles. The summed E-state index contributed by atoms with van der Waals surface area (Å²) in [6, 6.07) is 29.6. The first-order chi connectivity index (χ1) is 20.0. The number of benzene rings is 3. The number of hydrogen-bond donors (Lipinski definition) is 1. The van der Waals surface area contributed by atoms with Crippen molar-refractivity contribution in [2.45, 2.75) is 77.7 Å². The molecule has 0 amide bonds. The average molecular weight is 554 g/mol. The third kappa shape index (κ3) is 9.01. The van der Waals surface area contributed by atoms with Crippen molar-refractivity contribution >= 4 is 5.97 Å². The van der Waals surface area contributed by atoms with Crippen molar-refractivity contribution in [3.63, 3.8) is 0 Å². The SMILES string of the molecule is CCCCCCCCCCOc1ccc(-n2c(C)ccc2-c2ccc(O[C@H](Cc3ccccc3)C(=O)O)cc2)cc1. The van der Waals surface area contributed by atoms with Gasteiger partial charge in [0.2, 0.25) is 0 Å². The van der Waals surface area contributed by atoms with Crippen LogP contribution >= 0.6 is 0 Å². The van der Waals surface area contributed by atoms with Crippen molar-refractivity contribution in [2.24, 2.45) is 0 Å². The summed E-state index contributed by atoms with van der Waals surface area (Å²) in [6.45, 7) is 5.10. The number of aliphatic carboxylic acids is 1. The number of rotatable bonds is 17. The minimum Gasteiger partial charge on any atom is -0.494 e. The van der Waals surface area contributed by atoms with Crippen LogP contribution in [0.5, 0.6) is 11.5 Å². The molecular formula is C36H43NO4. The zero-order valence-corrected chi connectivity index (χ0v) is 24.4. The van der Waals surface area contributed by atoms with E-state index in [-0.39, 0.29) is 0 Å². The topological polar surface area (TPSA) is 60.7 Å². The molecule has 4 rings (SSSR count). The molecule has 4 aromatic rings. The van der Waals surface area contributed by atoms with E-state index in [1.54, 1.807) is 0 Å². The predicted octanol–water partition coefficient (Wildman–Crippen LogP) is 9.05. The Kier molecular flexibility index (Phi) is 11.5. The zero-order valence-electron chi connectivity index (χ0n) is 24.4. The van der Waals surface area contributed by atoms with E-state index in [0.717, 1.165) is 47.0 Å². The van der Waals surface area contributed by atoms with Gasteiger partial charge in [0.1, 0.15) is 11.5 Å². The maximum Gasteiger partial charge on any atom is 0.345 e. The van der Waals surface area contributed by atoms with E-state index >= 15 is 0 Å². The van der Waals surface area contributed by atoms with Crippen LogP contribution in [0.1, 0.15) is 69.5 Å². The Morgan fingerprint density at radius 2 is 1.39 bits per heavy atom. The summed E-state index contributed by atoms with van der Waals surface area (Å²) in [5.41, 5.74) is 5.20. The van der Waals surface area contributed by atoms with Crippen molar-refractivity contribution in [3.05, 3.63) is 102 Å². The number of aryl methyl sites for hydroxylation is 1. The van der Waals surface area contributed by atoms with E-state index in [2.05, 4.69) is 42.7 Å². The van der Waals surface area contributed by atoms with Crippen LogP contribution in [0.25, 0.3) is 16.9 Å². The van der Waals surface area contributed by atoms with E-state index < -0.39 is 12.1 Å². The molecule has 0 spiro atoms. The molecule has 1 heterocycles. The second-order valence-electron chi connectivity index (χ2n) is 10.7. The molecule has 0 fully saturated rings. The van der Waals surface area contributed by atoms with E-state index in [1.807, 2.05) is 66.7 Å². The highest BCUT2D eigenvalue weighted by atomic mass is 16.5. The highest BCUT2D eigenvalue weighted by molar-refractivity contribution is 5.73. The normalized spacial score (nSPS) is 11.8. The highest BCUT2D eigenvalue weighted by Gasteiger charge is 2.20. The number of nitrogens with zero attached hydrogens (tertiary/aromatic N) is 1. The maximum atomic E-state index is 11.8. The Morgan fingerprint density at radius 1 is 0.756 bits per heavy atom. The molecule has 5 heteroatoms. The van der Waals surface area contributed by atoms with Gasteiger partial charge in [-0.05, 0) is 85.1 Å². The number of carboxylic acid groups (broad SMARTS) is 1. The van der Waals surface area contributed by atoms with Gasteiger partial charge >= 0.3 is 5.97 Å². The number of carbonyl (C=O) groups is 1. The molecule has 0 saturated carbocycles. The molecule has 1 N–H and O–H groups in total.